The number of hydrogen-bond acceptors (Lipinski definition) is 2. The summed E-state index contributed by atoms with van der Waals surface area (Å²) in [7, 11) is 0. The molecule has 2 nitrogen and oxygen atoms in total. The van der Waals surface area contributed by atoms with Gasteiger partial charge in [0.1, 0.15) is 0 Å². The van der Waals surface area contributed by atoms with Crippen molar-refractivity contribution in [3.63, 3.8) is 0 Å². The van der Waals surface area contributed by atoms with Crippen LogP contribution in [0.15, 0.2) is 0 Å². The first-order valence-electron chi connectivity index (χ1n) is 2.71. The van der Waals surface area contributed by atoms with E-state index >= 15 is 0 Å². The van der Waals surface area contributed by atoms with E-state index < -0.39 is 0 Å². The van der Waals surface area contributed by atoms with E-state index in [2.05, 4.69) is 5.32 Å². The van der Waals surface area contributed by atoms with Crippen LogP contribution in [0.2, 0.25) is 0 Å². The Labute approximate surface area is 57.0 Å². The molecule has 0 aromatic heterocycles. The Hall–Kier alpha value is 0.210. The van der Waals surface area contributed by atoms with Crippen molar-refractivity contribution in [1.82, 2.24) is 11.5 Å². The average Bonchev–Trinajstić information content (AvgIpc) is 1.72. The minimum Gasteiger partial charge on any atom is -0.344 e. The van der Waals surface area contributed by atoms with Gasteiger partial charge >= 0.3 is 0 Å². The third-order valence-electron chi connectivity index (χ3n) is 1.21. The molecule has 1 fully saturated rings. The summed E-state index contributed by atoms with van der Waals surface area (Å²) in [6, 6.07) is 0. The van der Waals surface area contributed by atoms with Gasteiger partial charge in [-0.2, -0.15) is 0 Å². The van der Waals surface area contributed by atoms with E-state index in [1.54, 1.807) is 0 Å². The van der Waals surface area contributed by atoms with Crippen molar-refractivity contribution >= 4 is 12.4 Å². The molecule has 0 aromatic carbocycles. The van der Waals surface area contributed by atoms with Crippen LogP contribution >= 0.6 is 12.4 Å². The molecule has 3 heteroatoms. The second-order valence-electron chi connectivity index (χ2n) is 1.81. The number of piperidine rings is 1. The van der Waals surface area contributed by atoms with Crippen LogP contribution in [-0.2, 0) is 0 Å². The highest BCUT2D eigenvalue weighted by Crippen LogP contribution is 1.96. The van der Waals surface area contributed by atoms with Crippen LogP contribution < -0.4 is 11.5 Å². The molecule has 52 valence electrons. The van der Waals surface area contributed by atoms with Crippen molar-refractivity contribution in [2.75, 3.05) is 13.1 Å². The Morgan fingerprint density at radius 2 is 1.38 bits per heavy atom. The molecular weight excluding hydrogens is 124 g/mol. The molecule has 0 spiro atoms. The summed E-state index contributed by atoms with van der Waals surface area (Å²) in [6.07, 6.45) is 4.22. The first-order valence-corrected chi connectivity index (χ1v) is 2.71. The molecule has 0 bridgehead atoms. The van der Waals surface area contributed by atoms with Crippen LogP contribution in [0.4, 0.5) is 0 Å². The van der Waals surface area contributed by atoms with Gasteiger partial charge in [-0.15, -0.1) is 12.4 Å². The highest BCUT2D eigenvalue weighted by atomic mass is 35.5. The molecule has 0 unspecified atom stereocenters. The van der Waals surface area contributed by atoms with Gasteiger partial charge in [-0.25, -0.2) is 0 Å². The molecule has 0 amide bonds. The van der Waals surface area contributed by atoms with Gasteiger partial charge in [0.05, 0.1) is 0 Å². The summed E-state index contributed by atoms with van der Waals surface area (Å²) in [5, 5.41) is 3.28. The van der Waals surface area contributed by atoms with Crippen molar-refractivity contribution in [3.05, 3.63) is 0 Å². The molecule has 0 aromatic rings. The molecular formula is C5H15ClN2. The highest BCUT2D eigenvalue weighted by molar-refractivity contribution is 5.85. The molecule has 1 rings (SSSR count). The molecule has 1 heterocycles. The lowest BCUT2D eigenvalue weighted by molar-refractivity contribution is 0.520. The zero-order valence-corrected chi connectivity index (χ0v) is 5.97. The molecule has 1 aliphatic rings. The Kier molecular flexibility index (Phi) is 9.97. The van der Waals surface area contributed by atoms with E-state index in [0.717, 1.165) is 0 Å². The van der Waals surface area contributed by atoms with Gasteiger partial charge in [0.15, 0.2) is 0 Å². The van der Waals surface area contributed by atoms with E-state index in [9.17, 15) is 0 Å². The fourth-order valence-electron chi connectivity index (χ4n) is 0.802. The Balaban J connectivity index is 0. The van der Waals surface area contributed by atoms with Crippen LogP contribution in [0.25, 0.3) is 0 Å². The smallest absolute Gasteiger partial charge is 0.00489 e. The third kappa shape index (κ3) is 4.37. The van der Waals surface area contributed by atoms with Gasteiger partial charge in [0.2, 0.25) is 0 Å². The average molecular weight is 139 g/mol. The van der Waals surface area contributed by atoms with Crippen molar-refractivity contribution in [3.8, 4) is 0 Å². The number of halogens is 1. The van der Waals surface area contributed by atoms with Crippen molar-refractivity contribution in [2.45, 2.75) is 19.3 Å². The first kappa shape index (κ1) is 11.1. The summed E-state index contributed by atoms with van der Waals surface area (Å²) in [4.78, 5) is 0. The topological polar surface area (TPSA) is 47.0 Å². The van der Waals surface area contributed by atoms with E-state index in [1.165, 1.54) is 32.4 Å². The predicted molar refractivity (Wildman–Crippen MR) is 39.0 cm³/mol. The lowest BCUT2D eigenvalue weighted by Crippen LogP contribution is -2.21. The first-order chi connectivity index (χ1) is 3.00. The molecule has 1 saturated heterocycles. The van der Waals surface area contributed by atoms with E-state index in [1.807, 2.05) is 0 Å². The van der Waals surface area contributed by atoms with E-state index in [0.29, 0.717) is 0 Å². The Morgan fingerprint density at radius 1 is 0.875 bits per heavy atom. The highest BCUT2D eigenvalue weighted by Gasteiger charge is 1.93. The fraction of sp³-hybridized carbons (Fsp3) is 1.00. The summed E-state index contributed by atoms with van der Waals surface area (Å²) in [5.74, 6) is 0. The molecule has 0 saturated carbocycles. The predicted octanol–water partition coefficient (Wildman–Crippen LogP) is 1.34. The van der Waals surface area contributed by atoms with Crippen molar-refractivity contribution in [2.24, 2.45) is 0 Å². The van der Waals surface area contributed by atoms with E-state index in [4.69, 9.17) is 0 Å². The Bertz CT molecular complexity index is 25.9. The summed E-state index contributed by atoms with van der Waals surface area (Å²) < 4.78 is 0. The zero-order valence-electron chi connectivity index (χ0n) is 5.15. The summed E-state index contributed by atoms with van der Waals surface area (Å²) in [5.41, 5.74) is 0. The maximum atomic E-state index is 3.28. The van der Waals surface area contributed by atoms with Gasteiger partial charge < -0.3 is 11.5 Å². The van der Waals surface area contributed by atoms with Crippen molar-refractivity contribution < 1.29 is 0 Å². The van der Waals surface area contributed by atoms with Crippen LogP contribution in [0.5, 0.6) is 0 Å². The molecule has 4 N–H and O–H groups in total. The minimum atomic E-state index is 0. The van der Waals surface area contributed by atoms with Crippen LogP contribution in [0.3, 0.4) is 0 Å². The van der Waals surface area contributed by atoms with Crippen LogP contribution in [0.1, 0.15) is 19.3 Å². The quantitative estimate of drug-likeness (QED) is 0.531. The molecule has 1 aliphatic heterocycles. The molecule has 0 aliphatic carbocycles. The van der Waals surface area contributed by atoms with Crippen LogP contribution in [-0.4, -0.2) is 13.1 Å². The van der Waals surface area contributed by atoms with Gasteiger partial charge in [-0.1, -0.05) is 6.42 Å². The standard InChI is InChI=1S/C5H11N.ClH.H3N/c1-2-4-6-5-3-1;;/h6H,1-5H2;1H;1H3. The number of rotatable bonds is 0. The number of hydrogen-bond donors (Lipinski definition) is 2. The fourth-order valence-corrected chi connectivity index (χ4v) is 0.802. The third-order valence-corrected chi connectivity index (χ3v) is 1.21. The van der Waals surface area contributed by atoms with Gasteiger partial charge in [-0.3, -0.25) is 0 Å². The van der Waals surface area contributed by atoms with Gasteiger partial charge in [0, 0.05) is 0 Å². The minimum absolute atomic E-state index is 0. The summed E-state index contributed by atoms with van der Waals surface area (Å²) >= 11 is 0. The monoisotopic (exact) mass is 138 g/mol. The molecule has 0 radical (unpaired) electrons. The second kappa shape index (κ2) is 7.21. The maximum absolute atomic E-state index is 3.28. The maximum Gasteiger partial charge on any atom is -0.00489 e. The van der Waals surface area contributed by atoms with Crippen molar-refractivity contribution in [1.29, 1.82) is 0 Å². The number of nitrogens with one attached hydrogen (secondary N) is 1. The normalized spacial score (nSPS) is 18.0. The van der Waals surface area contributed by atoms with Crippen LogP contribution in [0, 0.1) is 0 Å². The lowest BCUT2D eigenvalue weighted by Gasteiger charge is -2.08. The zero-order chi connectivity index (χ0) is 4.24. The SMILES string of the molecule is C1CCNCC1.Cl.N. The van der Waals surface area contributed by atoms with Gasteiger partial charge in [-0.05, 0) is 25.9 Å². The summed E-state index contributed by atoms with van der Waals surface area (Å²) in [6.45, 7) is 2.50. The lowest BCUT2D eigenvalue weighted by atomic mass is 10.2. The second-order valence-corrected chi connectivity index (χ2v) is 1.81. The van der Waals surface area contributed by atoms with Gasteiger partial charge in [0.25, 0.3) is 0 Å². The molecule has 8 heavy (non-hydrogen) atoms. The largest absolute Gasteiger partial charge is 0.344 e. The van der Waals surface area contributed by atoms with E-state index in [-0.39, 0.29) is 18.6 Å². The molecule has 0 atom stereocenters. The Morgan fingerprint density at radius 3 is 1.50 bits per heavy atom.